The SMILES string of the molecule is Cc1oc(C)c(S(=O)(=O)NC(C)c2ccco2)c1CO. The number of rotatable bonds is 5. The smallest absolute Gasteiger partial charge is 0.245 e. The van der Waals surface area contributed by atoms with E-state index in [1.807, 2.05) is 0 Å². The lowest BCUT2D eigenvalue weighted by atomic mass is 10.2. The highest BCUT2D eigenvalue weighted by Crippen LogP contribution is 2.28. The van der Waals surface area contributed by atoms with Crippen molar-refractivity contribution >= 4 is 10.0 Å². The monoisotopic (exact) mass is 299 g/mol. The van der Waals surface area contributed by atoms with E-state index in [9.17, 15) is 13.5 Å². The molecule has 1 atom stereocenters. The lowest BCUT2D eigenvalue weighted by Gasteiger charge is -2.12. The van der Waals surface area contributed by atoms with Crippen LogP contribution >= 0.6 is 0 Å². The molecule has 0 bridgehead atoms. The van der Waals surface area contributed by atoms with Gasteiger partial charge < -0.3 is 13.9 Å². The molecular weight excluding hydrogens is 282 g/mol. The number of nitrogens with one attached hydrogen (secondary N) is 1. The number of sulfonamides is 1. The third-order valence-corrected chi connectivity index (χ3v) is 4.79. The maximum atomic E-state index is 12.4. The molecule has 0 aliphatic carbocycles. The topological polar surface area (TPSA) is 92.7 Å². The van der Waals surface area contributed by atoms with Gasteiger partial charge in [-0.2, -0.15) is 0 Å². The first-order chi connectivity index (χ1) is 9.36. The maximum Gasteiger partial charge on any atom is 0.245 e. The Morgan fingerprint density at radius 3 is 2.60 bits per heavy atom. The van der Waals surface area contributed by atoms with Crippen LogP contribution in [-0.4, -0.2) is 13.5 Å². The fourth-order valence-corrected chi connectivity index (χ4v) is 3.78. The minimum Gasteiger partial charge on any atom is -0.468 e. The Hall–Kier alpha value is -1.57. The molecule has 6 nitrogen and oxygen atoms in total. The molecule has 0 radical (unpaired) electrons. The molecule has 0 spiro atoms. The van der Waals surface area contributed by atoms with Crippen molar-refractivity contribution in [1.82, 2.24) is 4.72 Å². The summed E-state index contributed by atoms with van der Waals surface area (Å²) in [7, 11) is -3.80. The highest BCUT2D eigenvalue weighted by Gasteiger charge is 2.28. The average Bonchev–Trinajstić information content (AvgIpc) is 2.95. The minimum atomic E-state index is -3.80. The standard InChI is InChI=1S/C13H17NO5S/c1-8(12-5-4-6-18-12)14-20(16,17)13-10(3)19-9(2)11(13)7-15/h4-6,8,14-15H,7H2,1-3H3. The van der Waals surface area contributed by atoms with Crippen molar-refractivity contribution in [3.63, 3.8) is 0 Å². The van der Waals surface area contributed by atoms with Crippen molar-refractivity contribution in [3.8, 4) is 0 Å². The Morgan fingerprint density at radius 2 is 2.05 bits per heavy atom. The number of hydrogen-bond donors (Lipinski definition) is 2. The molecule has 0 aromatic carbocycles. The molecule has 0 fully saturated rings. The molecule has 110 valence electrons. The van der Waals surface area contributed by atoms with Crippen LogP contribution in [-0.2, 0) is 16.6 Å². The summed E-state index contributed by atoms with van der Waals surface area (Å²) in [6.07, 6.45) is 1.48. The molecule has 0 aliphatic heterocycles. The van der Waals surface area contributed by atoms with Crippen LogP contribution in [0.5, 0.6) is 0 Å². The van der Waals surface area contributed by atoms with Crippen LogP contribution in [0.1, 0.15) is 35.8 Å². The maximum absolute atomic E-state index is 12.4. The quantitative estimate of drug-likeness (QED) is 0.881. The first-order valence-electron chi connectivity index (χ1n) is 6.12. The zero-order chi connectivity index (χ0) is 14.9. The van der Waals surface area contributed by atoms with Crippen LogP contribution < -0.4 is 4.72 Å². The second-order valence-electron chi connectivity index (χ2n) is 4.54. The van der Waals surface area contributed by atoms with E-state index >= 15 is 0 Å². The summed E-state index contributed by atoms with van der Waals surface area (Å²) in [4.78, 5) is -0.00379. The van der Waals surface area contributed by atoms with Crippen molar-refractivity contribution in [2.75, 3.05) is 0 Å². The van der Waals surface area contributed by atoms with Crippen molar-refractivity contribution in [3.05, 3.63) is 41.2 Å². The first-order valence-corrected chi connectivity index (χ1v) is 7.60. The summed E-state index contributed by atoms with van der Waals surface area (Å²) in [6, 6.07) is 2.86. The third-order valence-electron chi connectivity index (χ3n) is 3.05. The third kappa shape index (κ3) is 2.65. The predicted molar refractivity (Wildman–Crippen MR) is 71.5 cm³/mol. The highest BCUT2D eigenvalue weighted by atomic mass is 32.2. The Bertz CT molecular complexity index is 685. The Morgan fingerprint density at radius 1 is 1.35 bits per heavy atom. The van der Waals surface area contributed by atoms with E-state index in [-0.39, 0.29) is 16.2 Å². The first kappa shape index (κ1) is 14.8. The average molecular weight is 299 g/mol. The van der Waals surface area contributed by atoms with E-state index in [1.54, 1.807) is 32.9 Å². The number of aliphatic hydroxyl groups excluding tert-OH is 1. The molecular formula is C13H17NO5S. The molecule has 2 aromatic heterocycles. The number of aryl methyl sites for hydroxylation is 2. The van der Waals surface area contributed by atoms with Crippen molar-refractivity contribution in [2.45, 2.75) is 38.3 Å². The molecule has 7 heteroatoms. The summed E-state index contributed by atoms with van der Waals surface area (Å²) >= 11 is 0. The molecule has 0 saturated carbocycles. The van der Waals surface area contributed by atoms with Crippen molar-refractivity contribution < 1.29 is 22.4 Å². The van der Waals surface area contributed by atoms with Crippen LogP contribution in [0, 0.1) is 13.8 Å². The molecule has 2 heterocycles. The fourth-order valence-electron chi connectivity index (χ4n) is 2.13. The summed E-state index contributed by atoms with van der Waals surface area (Å²) in [5.74, 6) is 1.17. The zero-order valence-corrected chi connectivity index (χ0v) is 12.3. The van der Waals surface area contributed by atoms with Gasteiger partial charge in [0, 0.05) is 5.56 Å². The largest absolute Gasteiger partial charge is 0.468 e. The van der Waals surface area contributed by atoms with Crippen LogP contribution in [0.2, 0.25) is 0 Å². The fraction of sp³-hybridized carbons (Fsp3) is 0.385. The summed E-state index contributed by atoms with van der Waals surface area (Å²) in [6.45, 7) is 4.46. The van der Waals surface area contributed by atoms with E-state index in [2.05, 4.69) is 4.72 Å². The van der Waals surface area contributed by atoms with Gasteiger partial charge in [0.15, 0.2) is 0 Å². The van der Waals surface area contributed by atoms with Crippen LogP contribution in [0.25, 0.3) is 0 Å². The minimum absolute atomic E-state index is 0.00379. The second-order valence-corrected chi connectivity index (χ2v) is 6.19. The van der Waals surface area contributed by atoms with Gasteiger partial charge in [-0.1, -0.05) is 0 Å². The lowest BCUT2D eigenvalue weighted by Crippen LogP contribution is -2.27. The molecule has 0 amide bonds. The molecule has 20 heavy (non-hydrogen) atoms. The van der Waals surface area contributed by atoms with Gasteiger partial charge in [0.05, 0.1) is 18.9 Å². The van der Waals surface area contributed by atoms with E-state index in [1.165, 1.54) is 6.26 Å². The molecule has 0 saturated heterocycles. The molecule has 2 N–H and O–H groups in total. The van der Waals surface area contributed by atoms with Gasteiger partial charge in [-0.25, -0.2) is 13.1 Å². The van der Waals surface area contributed by atoms with Gasteiger partial charge in [0.25, 0.3) is 0 Å². The number of hydrogen-bond acceptors (Lipinski definition) is 5. The van der Waals surface area contributed by atoms with Crippen LogP contribution in [0.3, 0.4) is 0 Å². The summed E-state index contributed by atoms with van der Waals surface area (Å²) < 4.78 is 37.8. The van der Waals surface area contributed by atoms with Crippen LogP contribution in [0.4, 0.5) is 0 Å². The second kappa shape index (κ2) is 5.43. The van der Waals surface area contributed by atoms with Gasteiger partial charge in [-0.05, 0) is 32.9 Å². The van der Waals surface area contributed by atoms with Gasteiger partial charge >= 0.3 is 0 Å². The molecule has 2 rings (SSSR count). The van der Waals surface area contributed by atoms with E-state index in [0.717, 1.165) is 0 Å². The van der Waals surface area contributed by atoms with E-state index in [0.29, 0.717) is 11.5 Å². The van der Waals surface area contributed by atoms with Crippen molar-refractivity contribution in [2.24, 2.45) is 0 Å². The summed E-state index contributed by atoms with van der Waals surface area (Å²) in [5, 5.41) is 9.32. The van der Waals surface area contributed by atoms with Gasteiger partial charge in [-0.3, -0.25) is 0 Å². The van der Waals surface area contributed by atoms with Gasteiger partial charge in [-0.15, -0.1) is 0 Å². The lowest BCUT2D eigenvalue weighted by molar-refractivity contribution is 0.276. The van der Waals surface area contributed by atoms with E-state index < -0.39 is 22.7 Å². The summed E-state index contributed by atoms with van der Waals surface area (Å²) in [5.41, 5.74) is 0.279. The Labute approximate surface area is 117 Å². The van der Waals surface area contributed by atoms with Gasteiger partial charge in [0.2, 0.25) is 10.0 Å². The van der Waals surface area contributed by atoms with Crippen LogP contribution in [0.15, 0.2) is 32.1 Å². The molecule has 0 aliphatic rings. The number of furan rings is 2. The molecule has 2 aromatic rings. The Balaban J connectivity index is 2.36. The molecule has 1 unspecified atom stereocenters. The number of aliphatic hydroxyl groups is 1. The predicted octanol–water partition coefficient (Wildman–Crippen LogP) is 2.02. The zero-order valence-electron chi connectivity index (χ0n) is 11.5. The highest BCUT2D eigenvalue weighted by molar-refractivity contribution is 7.89. The van der Waals surface area contributed by atoms with Crippen molar-refractivity contribution in [1.29, 1.82) is 0 Å². The van der Waals surface area contributed by atoms with E-state index in [4.69, 9.17) is 8.83 Å². The normalized spacial score (nSPS) is 13.6. The van der Waals surface area contributed by atoms with Gasteiger partial charge in [0.1, 0.15) is 22.2 Å². The Kier molecular flexibility index (Phi) is 4.03.